The zero-order valence-electron chi connectivity index (χ0n) is 12.2. The van der Waals surface area contributed by atoms with Crippen molar-refractivity contribution in [2.45, 2.75) is 64.4 Å². The highest BCUT2D eigenvalue weighted by atomic mass is 16.5. The Balaban J connectivity index is 3.63. The van der Waals surface area contributed by atoms with Gasteiger partial charge in [0.2, 0.25) is 0 Å². The number of unbranched alkanes of at least 4 members (excludes halogenated alkanes) is 6. The second-order valence-electron chi connectivity index (χ2n) is 4.74. The smallest absolute Gasteiger partial charge is 0.336 e. The quantitative estimate of drug-likeness (QED) is 0.345. The summed E-state index contributed by atoms with van der Waals surface area (Å²) in [5, 5.41) is 18.5. The van der Waals surface area contributed by atoms with Crippen molar-refractivity contribution in [3.05, 3.63) is 11.6 Å². The number of esters is 1. The van der Waals surface area contributed by atoms with E-state index in [1.54, 1.807) is 13.0 Å². The number of aliphatic hydroxyl groups is 2. The Hall–Kier alpha value is -0.870. The molecule has 0 rings (SSSR count). The lowest BCUT2D eigenvalue weighted by Gasteiger charge is -2.12. The van der Waals surface area contributed by atoms with Gasteiger partial charge in [0.1, 0.15) is 0 Å². The van der Waals surface area contributed by atoms with Crippen LogP contribution in [0.2, 0.25) is 0 Å². The van der Waals surface area contributed by atoms with Gasteiger partial charge in [0.05, 0.1) is 18.8 Å². The summed E-state index contributed by atoms with van der Waals surface area (Å²) in [5.41, 5.74) is 0.352. The van der Waals surface area contributed by atoms with Crippen LogP contribution in [0.25, 0.3) is 0 Å². The monoisotopic (exact) mass is 272 g/mol. The molecule has 1 unspecified atom stereocenters. The first-order valence-electron chi connectivity index (χ1n) is 7.20. The summed E-state index contributed by atoms with van der Waals surface area (Å²) in [6.07, 6.45) is 8.93. The lowest BCUT2D eigenvalue weighted by atomic mass is 10.0. The zero-order valence-corrected chi connectivity index (χ0v) is 12.2. The predicted octanol–water partition coefficient (Wildman–Crippen LogP) is 2.58. The highest BCUT2D eigenvalue weighted by molar-refractivity contribution is 5.89. The first-order valence-corrected chi connectivity index (χ1v) is 7.20. The minimum Gasteiger partial charge on any atom is -0.466 e. The van der Waals surface area contributed by atoms with Crippen molar-refractivity contribution >= 4 is 5.97 Å². The van der Waals surface area contributed by atoms with E-state index >= 15 is 0 Å². The molecule has 0 bridgehead atoms. The molecule has 4 nitrogen and oxygen atoms in total. The Morgan fingerprint density at radius 3 is 2.11 bits per heavy atom. The maximum atomic E-state index is 11.3. The van der Waals surface area contributed by atoms with E-state index in [1.165, 1.54) is 13.5 Å². The third-order valence-electron chi connectivity index (χ3n) is 3.23. The van der Waals surface area contributed by atoms with Crippen LogP contribution >= 0.6 is 0 Å². The average molecular weight is 272 g/mol. The van der Waals surface area contributed by atoms with Crippen LogP contribution in [0.3, 0.4) is 0 Å². The van der Waals surface area contributed by atoms with Gasteiger partial charge in [-0.05, 0) is 19.8 Å². The number of hydrogen-bond acceptors (Lipinski definition) is 4. The van der Waals surface area contributed by atoms with Crippen molar-refractivity contribution in [2.75, 3.05) is 13.7 Å². The molecule has 0 aliphatic heterocycles. The van der Waals surface area contributed by atoms with Gasteiger partial charge in [0.15, 0.2) is 0 Å². The maximum Gasteiger partial charge on any atom is 0.336 e. The number of methoxy groups -OCH3 is 1. The summed E-state index contributed by atoms with van der Waals surface area (Å²) in [6.45, 7) is 2.02. The van der Waals surface area contributed by atoms with E-state index < -0.39 is 12.1 Å². The lowest BCUT2D eigenvalue weighted by molar-refractivity contribution is -0.137. The number of allylic oxidation sites excluding steroid dienone is 1. The SMILES string of the molecule is CC=C(C(=O)OC)C(O)CCCCCCCCCO. The predicted molar refractivity (Wildman–Crippen MR) is 75.8 cm³/mol. The molecule has 4 heteroatoms. The molecule has 0 amide bonds. The van der Waals surface area contributed by atoms with Crippen LogP contribution in [-0.4, -0.2) is 36.0 Å². The Kier molecular flexibility index (Phi) is 11.6. The Morgan fingerprint density at radius 2 is 1.63 bits per heavy atom. The van der Waals surface area contributed by atoms with Gasteiger partial charge in [-0.1, -0.05) is 44.6 Å². The van der Waals surface area contributed by atoms with Crippen molar-refractivity contribution < 1.29 is 19.7 Å². The molecule has 2 N–H and O–H groups in total. The molecule has 0 aromatic rings. The van der Waals surface area contributed by atoms with Crippen LogP contribution in [0, 0.1) is 0 Å². The molecule has 112 valence electrons. The van der Waals surface area contributed by atoms with Crippen molar-refractivity contribution in [3.8, 4) is 0 Å². The van der Waals surface area contributed by atoms with E-state index in [9.17, 15) is 9.90 Å². The van der Waals surface area contributed by atoms with Crippen molar-refractivity contribution in [1.29, 1.82) is 0 Å². The molecular weight excluding hydrogens is 244 g/mol. The van der Waals surface area contributed by atoms with Crippen LogP contribution < -0.4 is 0 Å². The fraction of sp³-hybridized carbons (Fsp3) is 0.800. The van der Waals surface area contributed by atoms with E-state index in [1.807, 2.05) is 0 Å². The van der Waals surface area contributed by atoms with Crippen LogP contribution in [0.15, 0.2) is 11.6 Å². The van der Waals surface area contributed by atoms with Crippen LogP contribution in [0.5, 0.6) is 0 Å². The number of carbonyl (C=O) groups is 1. The molecule has 0 spiro atoms. The molecule has 19 heavy (non-hydrogen) atoms. The second-order valence-corrected chi connectivity index (χ2v) is 4.74. The summed E-state index contributed by atoms with van der Waals surface area (Å²) in [5.74, 6) is -0.445. The molecule has 0 aliphatic rings. The van der Waals surface area contributed by atoms with E-state index in [0.29, 0.717) is 12.0 Å². The number of ether oxygens (including phenoxy) is 1. The summed E-state index contributed by atoms with van der Waals surface area (Å²) in [6, 6.07) is 0. The standard InChI is InChI=1S/C15H28O4/c1-3-13(15(18)19-2)14(17)11-9-7-5-4-6-8-10-12-16/h3,14,16-17H,4-12H2,1-2H3. The molecule has 0 fully saturated rings. The molecule has 0 saturated carbocycles. The lowest BCUT2D eigenvalue weighted by Crippen LogP contribution is -2.19. The van der Waals surface area contributed by atoms with E-state index in [0.717, 1.165) is 38.5 Å². The molecule has 0 heterocycles. The first-order chi connectivity index (χ1) is 9.17. The highest BCUT2D eigenvalue weighted by Gasteiger charge is 2.17. The molecule has 0 aliphatic carbocycles. The molecule has 0 aromatic heterocycles. The molecule has 0 radical (unpaired) electrons. The molecule has 1 atom stereocenters. The summed E-state index contributed by atoms with van der Waals surface area (Å²) < 4.78 is 4.62. The van der Waals surface area contributed by atoms with Gasteiger partial charge in [-0.2, -0.15) is 0 Å². The van der Waals surface area contributed by atoms with Crippen LogP contribution in [0.4, 0.5) is 0 Å². The van der Waals surface area contributed by atoms with Gasteiger partial charge in [-0.25, -0.2) is 4.79 Å². The van der Waals surface area contributed by atoms with Gasteiger partial charge in [0, 0.05) is 6.61 Å². The highest BCUT2D eigenvalue weighted by Crippen LogP contribution is 2.14. The van der Waals surface area contributed by atoms with E-state index in [-0.39, 0.29) is 6.61 Å². The maximum absolute atomic E-state index is 11.3. The number of aliphatic hydroxyl groups excluding tert-OH is 2. The number of carbonyl (C=O) groups excluding carboxylic acids is 1. The summed E-state index contributed by atoms with van der Waals surface area (Å²) in [4.78, 5) is 11.3. The molecular formula is C15H28O4. The topological polar surface area (TPSA) is 66.8 Å². The van der Waals surface area contributed by atoms with Gasteiger partial charge in [-0.3, -0.25) is 0 Å². The molecule has 0 aromatic carbocycles. The van der Waals surface area contributed by atoms with Crippen molar-refractivity contribution in [3.63, 3.8) is 0 Å². The summed E-state index contributed by atoms with van der Waals surface area (Å²) >= 11 is 0. The normalized spacial score (nSPS) is 13.4. The zero-order chi connectivity index (χ0) is 14.5. The van der Waals surface area contributed by atoms with Gasteiger partial charge in [0.25, 0.3) is 0 Å². The van der Waals surface area contributed by atoms with Crippen LogP contribution in [-0.2, 0) is 9.53 Å². The van der Waals surface area contributed by atoms with Crippen molar-refractivity contribution in [1.82, 2.24) is 0 Å². The first kappa shape index (κ1) is 18.1. The third kappa shape index (κ3) is 8.78. The summed E-state index contributed by atoms with van der Waals surface area (Å²) in [7, 11) is 1.32. The van der Waals surface area contributed by atoms with Crippen LogP contribution in [0.1, 0.15) is 58.3 Å². The fourth-order valence-corrected chi connectivity index (χ4v) is 2.05. The van der Waals surface area contributed by atoms with Gasteiger partial charge >= 0.3 is 5.97 Å². The Labute approximate surface area is 116 Å². The van der Waals surface area contributed by atoms with E-state index in [2.05, 4.69) is 4.74 Å². The van der Waals surface area contributed by atoms with Gasteiger partial charge in [-0.15, -0.1) is 0 Å². The average Bonchev–Trinajstić information content (AvgIpc) is 2.42. The minimum absolute atomic E-state index is 0.284. The molecule has 0 saturated heterocycles. The Bertz CT molecular complexity index is 261. The number of rotatable bonds is 11. The second kappa shape index (κ2) is 12.2. The minimum atomic E-state index is -0.716. The third-order valence-corrected chi connectivity index (χ3v) is 3.23. The largest absolute Gasteiger partial charge is 0.466 e. The van der Waals surface area contributed by atoms with E-state index in [4.69, 9.17) is 5.11 Å². The van der Waals surface area contributed by atoms with Crippen molar-refractivity contribution in [2.24, 2.45) is 0 Å². The van der Waals surface area contributed by atoms with Gasteiger partial charge < -0.3 is 14.9 Å². The number of hydrogen-bond donors (Lipinski definition) is 2. The Morgan fingerprint density at radius 1 is 1.11 bits per heavy atom. The fourth-order valence-electron chi connectivity index (χ4n) is 2.05.